The number of alkyl carbamates (subject to hydrolysis) is 2. The molecule has 0 spiro atoms. The number of carbonyl (C=O) groups excluding carboxylic acids is 7. The van der Waals surface area contributed by atoms with E-state index in [1.807, 2.05) is 0 Å². The van der Waals surface area contributed by atoms with Gasteiger partial charge in [0.25, 0.3) is 6.01 Å². The summed E-state index contributed by atoms with van der Waals surface area (Å²) in [5.41, 5.74) is 4.34. The Labute approximate surface area is 487 Å². The van der Waals surface area contributed by atoms with Gasteiger partial charge in [-0.15, -0.1) is 0 Å². The maximum Gasteiger partial charge on any atom is 0.410 e. The molecule has 6 amide bonds. The monoisotopic (exact) mass is 1170 g/mol. The van der Waals surface area contributed by atoms with Crippen molar-refractivity contribution in [2.75, 3.05) is 75.0 Å². The van der Waals surface area contributed by atoms with Gasteiger partial charge >= 0.3 is 30.3 Å². The molecule has 25 nitrogen and oxygen atoms in total. The first kappa shape index (κ1) is 69.3. The summed E-state index contributed by atoms with van der Waals surface area (Å²) in [6, 6.07) is 3.31. The van der Waals surface area contributed by atoms with Gasteiger partial charge in [0.1, 0.15) is 41.1 Å². The smallest absolute Gasteiger partial charge is 0.410 e. The molecule has 26 heteroatoms. The zero-order chi connectivity index (χ0) is 61.4. The predicted molar refractivity (Wildman–Crippen MR) is 314 cm³/mol. The van der Waals surface area contributed by atoms with Crippen LogP contribution in [0.4, 0.5) is 30.9 Å². The van der Waals surface area contributed by atoms with E-state index in [4.69, 9.17) is 29.4 Å². The predicted octanol–water partition coefficient (Wildman–Crippen LogP) is 7.36. The van der Waals surface area contributed by atoms with Crippen LogP contribution >= 0.6 is 11.8 Å². The van der Waals surface area contributed by atoms with E-state index < -0.39 is 83.3 Å². The number of unbranched alkanes of at least 4 members (excludes halogenated alkanes) is 2. The minimum Gasteiger partial charge on any atom is -0.480 e. The number of fused-ring (bicyclic) bond motifs is 1. The number of benzene rings is 1. The van der Waals surface area contributed by atoms with Crippen molar-refractivity contribution >= 4 is 76.8 Å². The van der Waals surface area contributed by atoms with Gasteiger partial charge in [-0.2, -0.15) is 26.7 Å². The number of rotatable bonds is 30. The van der Waals surface area contributed by atoms with Crippen molar-refractivity contribution in [3.05, 3.63) is 48.7 Å². The number of ether oxygens (including phenoxy) is 5. The highest BCUT2D eigenvalue weighted by molar-refractivity contribution is 7.99. The van der Waals surface area contributed by atoms with Gasteiger partial charge in [-0.25, -0.2) is 24.0 Å². The van der Waals surface area contributed by atoms with Gasteiger partial charge < -0.3 is 70.9 Å². The van der Waals surface area contributed by atoms with E-state index >= 15 is 0 Å². The highest BCUT2D eigenvalue weighted by atomic mass is 32.2. The quantitative estimate of drug-likeness (QED) is 0.0195. The molecule has 2 radical (unpaired) electrons. The Balaban J connectivity index is 1.77. The number of nitrogens with one attached hydrogen (secondary N) is 5. The number of aromatic hydroxyl groups is 1. The SMILES string of the molecule is [CH2][CH]CSC[C@H](NC(=O)OC(C)(C)C)C(=O)N[C@@H](COC(=O)c1ccc(Cn2c(O)nc3c(N)nc(NCCCC)nc32)cc1)C(=O)NCCCN(CCCCN(CCCNC(=O)OC(C)(C)C)C(=O)OC(C)(C)C)C(=O)OC(C)(C)C. The maximum atomic E-state index is 14.0. The Kier molecular flexibility index (Phi) is 27.5. The normalized spacial score (nSPS) is 12.6. The second-order valence-electron chi connectivity index (χ2n) is 23.3. The molecule has 458 valence electrons. The molecule has 2 atom stereocenters. The Morgan fingerprint density at radius 2 is 1.22 bits per heavy atom. The van der Waals surface area contributed by atoms with Gasteiger partial charge in [0.2, 0.25) is 17.8 Å². The zero-order valence-electron chi connectivity index (χ0n) is 50.3. The maximum absolute atomic E-state index is 14.0. The van der Waals surface area contributed by atoms with E-state index in [-0.39, 0.29) is 80.3 Å². The topological polar surface area (TPSA) is 322 Å². The molecule has 1 aromatic carbocycles. The van der Waals surface area contributed by atoms with Crippen LogP contribution in [-0.4, -0.2) is 175 Å². The van der Waals surface area contributed by atoms with Crippen molar-refractivity contribution in [2.45, 2.75) is 170 Å². The third-order valence-corrected chi connectivity index (χ3v) is 12.1. The molecular formula is C56H90N12O13S. The van der Waals surface area contributed by atoms with Gasteiger partial charge in [-0.1, -0.05) is 25.5 Å². The molecule has 3 aromatic rings. The fourth-order valence-electron chi connectivity index (χ4n) is 7.37. The lowest BCUT2D eigenvalue weighted by molar-refractivity contribution is -0.130. The van der Waals surface area contributed by atoms with Crippen molar-refractivity contribution in [2.24, 2.45) is 0 Å². The Morgan fingerprint density at radius 3 is 1.76 bits per heavy atom. The van der Waals surface area contributed by atoms with Crippen LogP contribution in [0.1, 0.15) is 144 Å². The molecule has 2 aromatic heterocycles. The molecular weight excluding hydrogens is 1080 g/mol. The Morgan fingerprint density at radius 1 is 0.683 bits per heavy atom. The molecule has 0 saturated heterocycles. The number of thioether (sulfide) groups is 1. The van der Waals surface area contributed by atoms with Gasteiger partial charge in [0.15, 0.2) is 17.0 Å². The highest BCUT2D eigenvalue weighted by Gasteiger charge is 2.31. The number of esters is 1. The van der Waals surface area contributed by atoms with Crippen LogP contribution in [-0.2, 0) is 39.8 Å². The third-order valence-electron chi connectivity index (χ3n) is 11.1. The molecule has 8 N–H and O–H groups in total. The van der Waals surface area contributed by atoms with Crippen molar-refractivity contribution in [3.63, 3.8) is 0 Å². The van der Waals surface area contributed by atoms with Gasteiger partial charge in [-0.3, -0.25) is 14.2 Å². The number of nitrogens with zero attached hydrogens (tertiary/aromatic N) is 6. The van der Waals surface area contributed by atoms with Gasteiger partial charge in [0, 0.05) is 51.6 Å². The molecule has 0 bridgehead atoms. The second kappa shape index (κ2) is 32.6. The van der Waals surface area contributed by atoms with E-state index in [0.29, 0.717) is 49.3 Å². The lowest BCUT2D eigenvalue weighted by Crippen LogP contribution is -2.56. The van der Waals surface area contributed by atoms with E-state index in [1.54, 1.807) is 107 Å². The molecule has 0 fully saturated rings. The standard InChI is InChI=1S/C56H90N12O13S/c1-15-17-26-59-47-64-42(57)41-43(65-47)68(48(72)63-41)34-37-22-24-38(25-23-37)46(71)77-35-39(61-45(70)40(36-82-33-16-2)62-50(74)79-54(6,7)8)44(69)58-27-20-31-66(51(75)80-55(9,10)11)29-18-19-30-67(52(76)81-56(12,13)14)32-21-28-60-49(73)78-53(3,4)5/h16,22-25,39-40H,2,15,17-21,26-36H2,1,3-14H3,(H,58,69)(H,60,73)(H,61,70)(H,62,74)(H,63,72)(H3,57,59,64,65)/t39-,40-/m0/s1. The average Bonchev–Trinajstić information content (AvgIpc) is 3.97. The van der Waals surface area contributed by atoms with Crippen LogP contribution in [0.5, 0.6) is 6.01 Å². The van der Waals surface area contributed by atoms with Crippen LogP contribution in [0.25, 0.3) is 11.2 Å². The van der Waals surface area contributed by atoms with Gasteiger partial charge in [0.05, 0.1) is 12.1 Å². The van der Waals surface area contributed by atoms with E-state index in [0.717, 1.165) is 12.8 Å². The van der Waals surface area contributed by atoms with Crippen LogP contribution in [0.15, 0.2) is 24.3 Å². The first-order chi connectivity index (χ1) is 38.3. The molecule has 0 aliphatic carbocycles. The van der Waals surface area contributed by atoms with Crippen LogP contribution < -0.4 is 32.3 Å². The third kappa shape index (κ3) is 26.7. The number of amides is 6. The summed E-state index contributed by atoms with van der Waals surface area (Å²) >= 11 is 1.30. The van der Waals surface area contributed by atoms with Gasteiger partial charge in [-0.05, 0) is 152 Å². The van der Waals surface area contributed by atoms with Crippen molar-refractivity contribution < 1.29 is 62.4 Å². The summed E-state index contributed by atoms with van der Waals surface area (Å²) in [5, 5.41) is 24.6. The Hall–Kier alpha value is -6.99. The summed E-state index contributed by atoms with van der Waals surface area (Å²) in [4.78, 5) is 109. The largest absolute Gasteiger partial charge is 0.480 e. The first-order valence-corrected chi connectivity index (χ1v) is 28.8. The van der Waals surface area contributed by atoms with E-state index in [9.17, 15) is 38.7 Å². The Bertz CT molecular complexity index is 2560. The van der Waals surface area contributed by atoms with Crippen molar-refractivity contribution in [3.8, 4) is 6.01 Å². The lowest BCUT2D eigenvalue weighted by atomic mass is 10.1. The van der Waals surface area contributed by atoms with Crippen molar-refractivity contribution in [1.29, 1.82) is 0 Å². The minimum atomic E-state index is -1.46. The second-order valence-corrected chi connectivity index (χ2v) is 24.4. The number of aromatic nitrogens is 4. The molecule has 3 rings (SSSR count). The van der Waals surface area contributed by atoms with Crippen molar-refractivity contribution in [1.82, 2.24) is 50.6 Å². The number of nitrogens with two attached hydrogens (primary N) is 1. The summed E-state index contributed by atoms with van der Waals surface area (Å²) < 4.78 is 29.2. The first-order valence-electron chi connectivity index (χ1n) is 27.7. The molecule has 0 aliphatic rings. The number of anilines is 2. The zero-order valence-corrected chi connectivity index (χ0v) is 51.1. The summed E-state index contributed by atoms with van der Waals surface area (Å²) in [7, 11) is 0. The fraction of sp³-hybridized carbons (Fsp3) is 0.643. The number of imidazole rings is 1. The number of hydrogen-bond acceptors (Lipinski definition) is 19. The fourth-order valence-corrected chi connectivity index (χ4v) is 8.14. The van der Waals surface area contributed by atoms with Crippen LogP contribution in [0.2, 0.25) is 0 Å². The summed E-state index contributed by atoms with van der Waals surface area (Å²) in [6.45, 7) is 28.0. The number of nitrogen functional groups attached to an aromatic ring is 1. The molecule has 0 saturated carbocycles. The summed E-state index contributed by atoms with van der Waals surface area (Å²) in [5.74, 6) is -1.39. The lowest BCUT2D eigenvalue weighted by Gasteiger charge is -2.29. The highest BCUT2D eigenvalue weighted by Crippen LogP contribution is 2.26. The number of carbonyl (C=O) groups is 7. The molecule has 0 unspecified atom stereocenters. The minimum absolute atomic E-state index is 0.00942. The average molecular weight is 1170 g/mol. The molecule has 2 heterocycles. The van der Waals surface area contributed by atoms with E-state index in [1.165, 1.54) is 33.4 Å². The van der Waals surface area contributed by atoms with E-state index in [2.05, 4.69) is 55.4 Å². The molecule has 0 aliphatic heterocycles. The van der Waals surface area contributed by atoms with Crippen LogP contribution in [0.3, 0.4) is 0 Å². The molecule has 82 heavy (non-hydrogen) atoms. The number of hydrogen-bond donors (Lipinski definition) is 7. The van der Waals surface area contributed by atoms with Crippen LogP contribution in [0, 0.1) is 13.3 Å². The summed E-state index contributed by atoms with van der Waals surface area (Å²) in [6.07, 6.45) is 2.55.